The Morgan fingerprint density at radius 3 is 2.54 bits per heavy atom. The van der Waals surface area contributed by atoms with Crippen molar-refractivity contribution in [3.63, 3.8) is 0 Å². The van der Waals surface area contributed by atoms with Crippen molar-refractivity contribution in [1.82, 2.24) is 0 Å². The molecule has 1 rings (SSSR count). The Kier molecular flexibility index (Phi) is 11.2. The van der Waals surface area contributed by atoms with E-state index < -0.39 is 0 Å². The predicted molar refractivity (Wildman–Crippen MR) is 74.7 cm³/mol. The van der Waals surface area contributed by atoms with Gasteiger partial charge in [-0.15, -0.1) is 0 Å². The molecule has 1 atom stereocenters. The third-order valence-electron chi connectivity index (χ3n) is 1.33. The first-order chi connectivity index (χ1) is 5.83. The van der Waals surface area contributed by atoms with Gasteiger partial charge < -0.3 is 0 Å². The van der Waals surface area contributed by atoms with Gasteiger partial charge in [-0.3, -0.25) is 0 Å². The molecule has 0 aliphatic rings. The number of hydrogen-bond donors (Lipinski definition) is 0. The van der Waals surface area contributed by atoms with E-state index in [-0.39, 0.29) is 43.1 Å². The summed E-state index contributed by atoms with van der Waals surface area (Å²) in [7, 11) is 0. The van der Waals surface area contributed by atoms with Crippen LogP contribution in [0.4, 0.5) is 0 Å². The molecule has 0 aliphatic carbocycles. The first-order valence-electron chi connectivity index (χ1n) is 3.74. The second-order valence-electron chi connectivity index (χ2n) is 2.48. The quantitative estimate of drug-likeness (QED) is 0.331. The molecule has 73 valence electrons. The minimum Gasteiger partial charge on any atom is 0 e. The first-order valence-corrected chi connectivity index (χ1v) is 14.5. The summed E-state index contributed by atoms with van der Waals surface area (Å²) in [5, 5.41) is 0. The standard InChI is InChI=1S/C9H12I3.In/c1-8(12-10)7-11-9-5-3-2-4-6-9;/h2-6,8,12H,7H2,1H3;/q-1;. The molecular weight excluding hydrogens is 604 g/mol. The third-order valence-corrected chi connectivity index (χ3v) is 13.7. The Balaban J connectivity index is 0.00000144. The van der Waals surface area contributed by atoms with E-state index in [4.69, 9.17) is 0 Å². The van der Waals surface area contributed by atoms with Gasteiger partial charge in [-0.1, -0.05) is 0 Å². The Morgan fingerprint density at radius 2 is 2.00 bits per heavy atom. The summed E-state index contributed by atoms with van der Waals surface area (Å²) in [5.74, 6) is 0. The van der Waals surface area contributed by atoms with Gasteiger partial charge in [0.2, 0.25) is 0 Å². The van der Waals surface area contributed by atoms with Crippen molar-refractivity contribution in [2.75, 3.05) is 4.43 Å². The van der Waals surface area contributed by atoms with E-state index in [1.165, 1.54) is 4.43 Å². The van der Waals surface area contributed by atoms with Crippen LogP contribution in [0.1, 0.15) is 6.92 Å². The molecule has 0 amide bonds. The second kappa shape index (κ2) is 9.50. The molecule has 1 aromatic carbocycles. The van der Waals surface area contributed by atoms with E-state index in [9.17, 15) is 0 Å². The van der Waals surface area contributed by atoms with Crippen molar-refractivity contribution in [3.8, 4) is 0 Å². The number of rotatable bonds is 4. The van der Waals surface area contributed by atoms with Gasteiger partial charge in [0.15, 0.2) is 0 Å². The molecule has 0 nitrogen and oxygen atoms in total. The molecule has 13 heavy (non-hydrogen) atoms. The van der Waals surface area contributed by atoms with E-state index in [0.29, 0.717) is 21.2 Å². The van der Waals surface area contributed by atoms with Crippen LogP contribution in [0.25, 0.3) is 0 Å². The third kappa shape index (κ3) is 7.21. The van der Waals surface area contributed by atoms with Gasteiger partial charge >= 0.3 is 106 Å². The van der Waals surface area contributed by atoms with Crippen LogP contribution in [0.15, 0.2) is 30.3 Å². The number of alkyl halides is 2. The van der Waals surface area contributed by atoms with Gasteiger partial charge in [0.05, 0.1) is 0 Å². The maximum atomic E-state index is 2.60. The topological polar surface area (TPSA) is 0 Å². The number of halogens is 3. The van der Waals surface area contributed by atoms with Crippen molar-refractivity contribution in [2.45, 2.75) is 10.8 Å². The van der Waals surface area contributed by atoms with E-state index in [1.54, 1.807) is 3.57 Å². The summed E-state index contributed by atoms with van der Waals surface area (Å²) in [5.41, 5.74) is 0. The average Bonchev–Trinajstić information content (AvgIpc) is 2.16. The zero-order valence-corrected chi connectivity index (χ0v) is 17.4. The maximum absolute atomic E-state index is 2.60. The molecule has 0 N–H and O–H groups in total. The molecule has 0 fully saturated rings. The summed E-state index contributed by atoms with van der Waals surface area (Å²) >= 11 is 3.20. The van der Waals surface area contributed by atoms with Gasteiger partial charge in [-0.25, -0.2) is 0 Å². The summed E-state index contributed by atoms with van der Waals surface area (Å²) in [4.78, 5) is 0. The molecule has 0 heterocycles. The molecule has 3 radical (unpaired) electrons. The Bertz CT molecular complexity index is 215. The van der Waals surface area contributed by atoms with Crippen LogP contribution in [-0.2, 0) is 0 Å². The predicted octanol–water partition coefficient (Wildman–Crippen LogP) is 0.00590. The van der Waals surface area contributed by atoms with Crippen LogP contribution >= 0.6 is 35.8 Å². The molecular formula is C9H12I3In-. The normalized spacial score (nSPS) is 12.5. The molecule has 0 aromatic heterocycles. The van der Waals surface area contributed by atoms with Gasteiger partial charge in [0, 0.05) is 25.8 Å². The zero-order valence-electron chi connectivity index (χ0n) is 7.41. The fraction of sp³-hybridized carbons (Fsp3) is 0.333. The number of benzene rings is 1. The fourth-order valence-corrected chi connectivity index (χ4v) is 11.1. The summed E-state index contributed by atoms with van der Waals surface area (Å²) in [6.07, 6.45) is 0. The van der Waals surface area contributed by atoms with Crippen molar-refractivity contribution in [2.24, 2.45) is 0 Å². The largest absolute Gasteiger partial charge is 0 e. The first kappa shape index (κ1) is 15.3. The van der Waals surface area contributed by atoms with Gasteiger partial charge in [-0.2, -0.15) is 0 Å². The monoisotopic (exact) mass is 616 g/mol. The van der Waals surface area contributed by atoms with Gasteiger partial charge in [0.1, 0.15) is 0 Å². The number of hydrogen-bond acceptors (Lipinski definition) is 0. The maximum Gasteiger partial charge on any atom is 0 e. The van der Waals surface area contributed by atoms with Gasteiger partial charge in [-0.05, 0) is 0 Å². The summed E-state index contributed by atoms with van der Waals surface area (Å²) < 4.78 is 4.11. The molecule has 0 bridgehead atoms. The van der Waals surface area contributed by atoms with Gasteiger partial charge in [0.25, 0.3) is 0 Å². The molecule has 1 aromatic rings. The average molecular weight is 616 g/mol. The van der Waals surface area contributed by atoms with Crippen molar-refractivity contribution < 1.29 is 21.2 Å². The van der Waals surface area contributed by atoms with Crippen LogP contribution in [0.2, 0.25) is 0 Å². The van der Waals surface area contributed by atoms with Crippen molar-refractivity contribution in [1.29, 1.82) is 0 Å². The van der Waals surface area contributed by atoms with Crippen LogP contribution in [-0.4, -0.2) is 34.2 Å². The van der Waals surface area contributed by atoms with E-state index >= 15 is 0 Å². The molecule has 0 saturated carbocycles. The fourth-order valence-electron chi connectivity index (χ4n) is 0.725. The van der Waals surface area contributed by atoms with Crippen LogP contribution in [0, 0.1) is 3.57 Å². The minimum atomic E-state index is 0. The SMILES string of the molecule is CC(C[I-]c1ccccc1)[IH]I.[In]. The molecule has 1 unspecified atom stereocenters. The molecule has 0 aliphatic heterocycles. The van der Waals surface area contributed by atoms with Crippen molar-refractivity contribution >= 4 is 61.7 Å². The van der Waals surface area contributed by atoms with Crippen LogP contribution < -0.4 is 21.2 Å². The summed E-state index contributed by atoms with van der Waals surface area (Å²) in [6.45, 7) is 2.40. The van der Waals surface area contributed by atoms with Crippen LogP contribution in [0.3, 0.4) is 0 Å². The van der Waals surface area contributed by atoms with Crippen molar-refractivity contribution in [3.05, 3.63) is 33.9 Å². The molecule has 4 heteroatoms. The Labute approximate surface area is 130 Å². The second-order valence-corrected chi connectivity index (χ2v) is 11.6. The van der Waals surface area contributed by atoms with Crippen LogP contribution in [0.5, 0.6) is 0 Å². The van der Waals surface area contributed by atoms with E-state index in [2.05, 4.69) is 55.9 Å². The van der Waals surface area contributed by atoms with E-state index in [0.717, 1.165) is 3.92 Å². The summed E-state index contributed by atoms with van der Waals surface area (Å²) in [6, 6.07) is 11.0. The minimum absolute atomic E-state index is 0. The Morgan fingerprint density at radius 1 is 1.38 bits per heavy atom. The molecule has 0 saturated heterocycles. The smallest absolute Gasteiger partial charge is 0 e. The Hall–Kier alpha value is 2.28. The van der Waals surface area contributed by atoms with E-state index in [1.807, 2.05) is 0 Å². The zero-order chi connectivity index (χ0) is 8.81. The molecule has 0 spiro atoms.